The molecule has 0 radical (unpaired) electrons. The number of carbonyl (C=O) groups is 2. The summed E-state index contributed by atoms with van der Waals surface area (Å²) in [6.45, 7) is 1.98. The van der Waals surface area contributed by atoms with E-state index in [-0.39, 0.29) is 24.8 Å². The number of hydrogen-bond acceptors (Lipinski definition) is 3. The number of ketones is 1. The Balaban J connectivity index is 2.16. The summed E-state index contributed by atoms with van der Waals surface area (Å²) in [4.78, 5) is 28.1. The fourth-order valence-corrected chi connectivity index (χ4v) is 2.07. The molecule has 5 nitrogen and oxygen atoms in total. The zero-order valence-corrected chi connectivity index (χ0v) is 11.9. The van der Waals surface area contributed by atoms with Gasteiger partial charge >= 0.3 is 0 Å². The molecule has 0 saturated heterocycles. The number of aliphatic hydroxyl groups excluding tert-OH is 1. The quantitative estimate of drug-likeness (QED) is 0.796. The fraction of sp³-hybridized carbons (Fsp3) is 0.250. The number of amides is 1. The molecule has 0 unspecified atom stereocenters. The Bertz CT molecular complexity index is 619. The van der Waals surface area contributed by atoms with Gasteiger partial charge in [0.15, 0.2) is 5.78 Å². The molecule has 1 aromatic heterocycles. The van der Waals surface area contributed by atoms with Crippen molar-refractivity contribution in [3.63, 3.8) is 0 Å². The molecule has 0 saturated carbocycles. The van der Waals surface area contributed by atoms with E-state index in [1.165, 1.54) is 6.92 Å². The standard InChI is InChI=1S/C16H18N2O3/c1-12(20)14-7-8-15(17-14)16(21)18(9-10-19)11-13-5-3-2-4-6-13/h2-8,17,19H,9-11H2,1H3. The van der Waals surface area contributed by atoms with Crippen molar-refractivity contribution in [3.05, 3.63) is 59.4 Å². The predicted octanol–water partition coefficient (Wildman–Crippen LogP) is 1.85. The summed E-state index contributed by atoms with van der Waals surface area (Å²) in [7, 11) is 0. The third kappa shape index (κ3) is 3.79. The maximum atomic E-state index is 12.4. The second-order valence-corrected chi connectivity index (χ2v) is 4.78. The van der Waals surface area contributed by atoms with Crippen LogP contribution in [-0.2, 0) is 6.54 Å². The Morgan fingerprint density at radius 2 is 1.76 bits per heavy atom. The van der Waals surface area contributed by atoms with Crippen LogP contribution >= 0.6 is 0 Å². The molecule has 1 heterocycles. The summed E-state index contributed by atoms with van der Waals surface area (Å²) >= 11 is 0. The van der Waals surface area contributed by atoms with E-state index in [0.717, 1.165) is 5.56 Å². The fourth-order valence-electron chi connectivity index (χ4n) is 2.07. The number of aliphatic hydroxyl groups is 1. The first kappa shape index (κ1) is 15.0. The van der Waals surface area contributed by atoms with Crippen LogP contribution in [0.25, 0.3) is 0 Å². The summed E-state index contributed by atoms with van der Waals surface area (Å²) in [5, 5.41) is 9.15. The summed E-state index contributed by atoms with van der Waals surface area (Å²) < 4.78 is 0. The van der Waals surface area contributed by atoms with Crippen molar-refractivity contribution in [2.75, 3.05) is 13.2 Å². The zero-order chi connectivity index (χ0) is 15.2. The topological polar surface area (TPSA) is 73.4 Å². The van der Waals surface area contributed by atoms with Gasteiger partial charge in [-0.1, -0.05) is 30.3 Å². The Labute approximate surface area is 123 Å². The number of Topliss-reactive ketones (excluding diaryl/α,β-unsaturated/α-hetero) is 1. The van der Waals surface area contributed by atoms with Crippen LogP contribution in [0.15, 0.2) is 42.5 Å². The van der Waals surface area contributed by atoms with E-state index < -0.39 is 0 Å². The molecule has 0 aliphatic heterocycles. The average molecular weight is 286 g/mol. The Morgan fingerprint density at radius 3 is 2.33 bits per heavy atom. The van der Waals surface area contributed by atoms with Gasteiger partial charge in [0.2, 0.25) is 0 Å². The van der Waals surface area contributed by atoms with Crippen molar-refractivity contribution in [3.8, 4) is 0 Å². The summed E-state index contributed by atoms with van der Waals surface area (Å²) in [6.07, 6.45) is 0. The maximum absolute atomic E-state index is 12.4. The van der Waals surface area contributed by atoms with Gasteiger partial charge in [-0.05, 0) is 17.7 Å². The Hall–Kier alpha value is -2.40. The van der Waals surface area contributed by atoms with E-state index in [1.807, 2.05) is 30.3 Å². The third-order valence-electron chi connectivity index (χ3n) is 3.17. The van der Waals surface area contributed by atoms with Crippen molar-refractivity contribution < 1.29 is 14.7 Å². The second-order valence-electron chi connectivity index (χ2n) is 4.78. The average Bonchev–Trinajstić information content (AvgIpc) is 2.97. The van der Waals surface area contributed by atoms with Crippen molar-refractivity contribution >= 4 is 11.7 Å². The minimum Gasteiger partial charge on any atom is -0.395 e. The molecular formula is C16H18N2O3. The number of nitrogens with zero attached hydrogens (tertiary/aromatic N) is 1. The molecule has 0 fully saturated rings. The lowest BCUT2D eigenvalue weighted by molar-refractivity contribution is 0.0702. The molecule has 1 aromatic carbocycles. The summed E-state index contributed by atoms with van der Waals surface area (Å²) in [5.74, 6) is -0.355. The first-order chi connectivity index (χ1) is 10.1. The molecule has 0 atom stereocenters. The normalized spacial score (nSPS) is 10.4. The number of aromatic nitrogens is 1. The van der Waals surface area contributed by atoms with Crippen LogP contribution in [0.4, 0.5) is 0 Å². The SMILES string of the molecule is CC(=O)c1ccc(C(=O)N(CCO)Cc2ccccc2)[nH]1. The van der Waals surface area contributed by atoms with E-state index in [9.17, 15) is 9.59 Å². The van der Waals surface area contributed by atoms with E-state index in [2.05, 4.69) is 4.98 Å². The number of hydrogen-bond donors (Lipinski definition) is 2. The molecule has 0 bridgehead atoms. The van der Waals surface area contributed by atoms with E-state index in [1.54, 1.807) is 17.0 Å². The van der Waals surface area contributed by atoms with Gasteiger partial charge in [0.05, 0.1) is 12.3 Å². The number of benzene rings is 1. The van der Waals surface area contributed by atoms with Crippen LogP contribution in [0.1, 0.15) is 33.5 Å². The smallest absolute Gasteiger partial charge is 0.270 e. The van der Waals surface area contributed by atoms with Gasteiger partial charge in [0, 0.05) is 20.0 Å². The lowest BCUT2D eigenvalue weighted by Crippen LogP contribution is -2.33. The highest BCUT2D eigenvalue weighted by Gasteiger charge is 2.18. The molecule has 110 valence electrons. The van der Waals surface area contributed by atoms with Crippen LogP contribution in [0.3, 0.4) is 0 Å². The minimum atomic E-state index is -0.236. The lowest BCUT2D eigenvalue weighted by Gasteiger charge is -2.21. The number of H-pyrrole nitrogens is 1. The minimum absolute atomic E-state index is 0.112. The van der Waals surface area contributed by atoms with Crippen LogP contribution in [0.5, 0.6) is 0 Å². The Kier molecular flexibility index (Phi) is 4.90. The van der Waals surface area contributed by atoms with E-state index in [4.69, 9.17) is 5.11 Å². The molecule has 0 aliphatic carbocycles. The van der Waals surface area contributed by atoms with Crippen molar-refractivity contribution in [2.45, 2.75) is 13.5 Å². The molecule has 5 heteroatoms. The lowest BCUT2D eigenvalue weighted by atomic mass is 10.2. The number of nitrogens with one attached hydrogen (secondary N) is 1. The van der Waals surface area contributed by atoms with Crippen LogP contribution in [-0.4, -0.2) is 39.8 Å². The van der Waals surface area contributed by atoms with Gasteiger partial charge in [0.25, 0.3) is 5.91 Å². The molecule has 21 heavy (non-hydrogen) atoms. The van der Waals surface area contributed by atoms with E-state index in [0.29, 0.717) is 17.9 Å². The second kappa shape index (κ2) is 6.85. The first-order valence-electron chi connectivity index (χ1n) is 6.76. The van der Waals surface area contributed by atoms with Crippen LogP contribution in [0.2, 0.25) is 0 Å². The molecular weight excluding hydrogens is 268 g/mol. The van der Waals surface area contributed by atoms with Crippen LogP contribution < -0.4 is 0 Å². The van der Waals surface area contributed by atoms with Gasteiger partial charge < -0.3 is 15.0 Å². The zero-order valence-electron chi connectivity index (χ0n) is 11.9. The van der Waals surface area contributed by atoms with Gasteiger partial charge in [-0.15, -0.1) is 0 Å². The Morgan fingerprint density at radius 1 is 1.10 bits per heavy atom. The molecule has 0 aliphatic rings. The van der Waals surface area contributed by atoms with E-state index >= 15 is 0 Å². The highest BCUT2D eigenvalue weighted by Crippen LogP contribution is 2.10. The van der Waals surface area contributed by atoms with Crippen molar-refractivity contribution in [2.24, 2.45) is 0 Å². The van der Waals surface area contributed by atoms with Gasteiger partial charge in [-0.25, -0.2) is 0 Å². The molecule has 0 spiro atoms. The first-order valence-corrected chi connectivity index (χ1v) is 6.76. The number of aromatic amines is 1. The van der Waals surface area contributed by atoms with Crippen LogP contribution in [0, 0.1) is 0 Å². The summed E-state index contributed by atoms with van der Waals surface area (Å²) in [5.41, 5.74) is 1.74. The largest absolute Gasteiger partial charge is 0.395 e. The van der Waals surface area contributed by atoms with Gasteiger partial charge in [-0.2, -0.15) is 0 Å². The number of carbonyl (C=O) groups excluding carboxylic acids is 2. The maximum Gasteiger partial charge on any atom is 0.270 e. The van der Waals surface area contributed by atoms with Crippen molar-refractivity contribution in [1.29, 1.82) is 0 Å². The molecule has 2 N–H and O–H groups in total. The predicted molar refractivity (Wildman–Crippen MR) is 79.1 cm³/mol. The number of rotatable bonds is 6. The van der Waals surface area contributed by atoms with Crippen molar-refractivity contribution in [1.82, 2.24) is 9.88 Å². The molecule has 1 amide bonds. The van der Waals surface area contributed by atoms with Gasteiger partial charge in [-0.3, -0.25) is 9.59 Å². The highest BCUT2D eigenvalue weighted by molar-refractivity contribution is 5.97. The van der Waals surface area contributed by atoms with Gasteiger partial charge in [0.1, 0.15) is 5.69 Å². The highest BCUT2D eigenvalue weighted by atomic mass is 16.3. The third-order valence-corrected chi connectivity index (χ3v) is 3.17. The molecule has 2 aromatic rings. The summed E-state index contributed by atoms with van der Waals surface area (Å²) in [6, 6.07) is 12.7. The monoisotopic (exact) mass is 286 g/mol. The molecule has 2 rings (SSSR count).